The van der Waals surface area contributed by atoms with Gasteiger partial charge in [0, 0.05) is 6.92 Å². The first-order chi connectivity index (χ1) is 18.2. The van der Waals surface area contributed by atoms with E-state index >= 15 is 0 Å². The van der Waals surface area contributed by atoms with E-state index in [9.17, 15) is 44.1 Å². The Bertz CT molecular complexity index is 1300. The summed E-state index contributed by atoms with van der Waals surface area (Å²) in [5.41, 5.74) is 6.15. The Hall–Kier alpha value is -2.12. The number of aliphatic hydroxyl groups excluding tert-OH is 4. The largest absolute Gasteiger partial charge is 0.388 e. The second kappa shape index (κ2) is 11.4. The van der Waals surface area contributed by atoms with Crippen molar-refractivity contribution in [3.8, 4) is 0 Å². The molecule has 2 aromatic rings. The molecule has 9 N–H and O–H groups in total. The van der Waals surface area contributed by atoms with E-state index in [1.807, 2.05) is 0 Å². The quantitative estimate of drug-likeness (QED) is 0.126. The van der Waals surface area contributed by atoms with Gasteiger partial charge in [-0.15, -0.1) is 0 Å². The maximum absolute atomic E-state index is 12.5. The number of aliphatic hydroxyl groups is 4. The Morgan fingerprint density at radius 3 is 2.26 bits per heavy atom. The van der Waals surface area contributed by atoms with E-state index in [0.29, 0.717) is 0 Å². The van der Waals surface area contributed by atoms with Gasteiger partial charge in [0.15, 0.2) is 29.9 Å². The number of amides is 1. The molecule has 5 unspecified atom stereocenters. The zero-order valence-electron chi connectivity index (χ0n) is 20.2. The minimum Gasteiger partial charge on any atom is -0.388 e. The summed E-state index contributed by atoms with van der Waals surface area (Å²) in [5.74, 6) is -1.87. The van der Waals surface area contributed by atoms with Crippen molar-refractivity contribution in [3.05, 3.63) is 12.7 Å². The molecule has 2 aliphatic rings. The first-order valence-electron chi connectivity index (χ1n) is 11.3. The fraction of sp³-hybridized carbons (Fsp3) is 0.667. The third kappa shape index (κ3) is 6.62. The zero-order chi connectivity index (χ0) is 28.7. The summed E-state index contributed by atoms with van der Waals surface area (Å²) in [7, 11) is -9.66. The van der Waals surface area contributed by atoms with E-state index in [0.717, 1.165) is 13.3 Å². The Morgan fingerprint density at radius 2 is 1.64 bits per heavy atom. The molecule has 218 valence electrons. The van der Waals surface area contributed by atoms with Crippen molar-refractivity contribution in [1.29, 1.82) is 0 Å². The van der Waals surface area contributed by atoms with Crippen LogP contribution in [0, 0.1) is 0 Å². The van der Waals surface area contributed by atoms with Gasteiger partial charge in [-0.2, -0.15) is 0 Å². The molecule has 0 aliphatic carbocycles. The first kappa shape index (κ1) is 29.9. The standard InChI is InChI=1S/C18H28N6O13P2/c1-7(25)23-10-12(26)8(37-18(10)29)2-34-38(30,31)6-39(32,33)35-3-9-13(27)14(28)17(36-9)24-5-22-11-15(19)20-4-21-16(11)24/h4-5,8-10,12-14,17-18,26-29H,2-3,6H2,1H3,(H,23,25)(H,30,31)(H,32,33)(H2,19,20,21)/t8-,9-,10?,12+,13?,14?,17-,18-/m1/s1. The van der Waals surface area contributed by atoms with Gasteiger partial charge in [-0.3, -0.25) is 18.5 Å². The van der Waals surface area contributed by atoms with Crippen LogP contribution in [-0.2, 0) is 32.4 Å². The summed E-state index contributed by atoms with van der Waals surface area (Å²) in [6, 6.07) is -1.22. The number of fused-ring (bicyclic) bond motifs is 1. The molecule has 4 rings (SSSR count). The number of aromatic nitrogens is 4. The van der Waals surface area contributed by atoms with Crippen LogP contribution in [0.1, 0.15) is 13.2 Å². The number of hydrogen-bond donors (Lipinski definition) is 8. The summed E-state index contributed by atoms with van der Waals surface area (Å²) >= 11 is 0. The molecule has 1 amide bonds. The number of carbonyl (C=O) groups excluding carboxylic acids is 1. The van der Waals surface area contributed by atoms with Crippen LogP contribution in [0.25, 0.3) is 11.2 Å². The Morgan fingerprint density at radius 1 is 1.03 bits per heavy atom. The highest BCUT2D eigenvalue weighted by Crippen LogP contribution is 2.58. The molecule has 2 fully saturated rings. The third-order valence-corrected chi connectivity index (χ3v) is 9.94. The third-order valence-electron chi connectivity index (χ3n) is 5.98. The van der Waals surface area contributed by atoms with Crippen molar-refractivity contribution in [3.63, 3.8) is 0 Å². The van der Waals surface area contributed by atoms with Gasteiger partial charge < -0.3 is 59.8 Å². The van der Waals surface area contributed by atoms with Crippen molar-refractivity contribution >= 4 is 38.1 Å². The number of ether oxygens (including phenoxy) is 2. The molecule has 10 atom stereocenters. The van der Waals surface area contributed by atoms with E-state index in [1.54, 1.807) is 0 Å². The van der Waals surface area contributed by atoms with Crippen LogP contribution in [0.2, 0.25) is 0 Å². The molecule has 4 heterocycles. The Labute approximate surface area is 219 Å². The van der Waals surface area contributed by atoms with Crippen LogP contribution in [0.5, 0.6) is 0 Å². The molecule has 2 aliphatic heterocycles. The minimum atomic E-state index is -4.83. The van der Waals surface area contributed by atoms with Gasteiger partial charge >= 0.3 is 15.2 Å². The molecule has 21 heteroatoms. The van der Waals surface area contributed by atoms with E-state index in [-0.39, 0.29) is 17.0 Å². The fourth-order valence-electron chi connectivity index (χ4n) is 4.11. The van der Waals surface area contributed by atoms with Gasteiger partial charge in [-0.05, 0) is 0 Å². The van der Waals surface area contributed by atoms with Crippen LogP contribution < -0.4 is 11.1 Å². The lowest BCUT2D eigenvalue weighted by Gasteiger charge is -2.21. The molecule has 0 spiro atoms. The molecule has 19 nitrogen and oxygen atoms in total. The molecule has 0 radical (unpaired) electrons. The van der Waals surface area contributed by atoms with Crippen molar-refractivity contribution in [2.24, 2.45) is 0 Å². The van der Waals surface area contributed by atoms with Crippen LogP contribution in [0.4, 0.5) is 5.82 Å². The number of carbonyl (C=O) groups is 1. The van der Waals surface area contributed by atoms with Crippen molar-refractivity contribution < 1.29 is 62.7 Å². The molecule has 0 aromatic carbocycles. The number of nitrogen functional groups attached to an aromatic ring is 1. The average Bonchev–Trinajstić information content (AvgIpc) is 3.47. The molecule has 0 bridgehead atoms. The molecule has 0 saturated carbocycles. The van der Waals surface area contributed by atoms with Gasteiger partial charge in [0.2, 0.25) is 5.91 Å². The van der Waals surface area contributed by atoms with Crippen LogP contribution >= 0.6 is 15.2 Å². The Kier molecular flexibility index (Phi) is 8.73. The smallest absolute Gasteiger partial charge is 0.340 e. The van der Waals surface area contributed by atoms with Crippen molar-refractivity contribution in [2.45, 2.75) is 56.0 Å². The predicted molar refractivity (Wildman–Crippen MR) is 127 cm³/mol. The summed E-state index contributed by atoms with van der Waals surface area (Å²) < 4.78 is 46.4. The van der Waals surface area contributed by atoms with E-state index in [4.69, 9.17) is 24.3 Å². The lowest BCUT2D eigenvalue weighted by Crippen LogP contribution is -2.47. The van der Waals surface area contributed by atoms with Crippen LogP contribution in [-0.4, -0.2) is 118 Å². The normalized spacial score (nSPS) is 34.1. The topological polar surface area (TPSA) is 291 Å². The second-order valence-corrected chi connectivity index (χ2v) is 13.1. The highest BCUT2D eigenvalue weighted by Gasteiger charge is 2.47. The highest BCUT2D eigenvalue weighted by atomic mass is 31.2. The van der Waals surface area contributed by atoms with Gasteiger partial charge in [0.25, 0.3) is 0 Å². The van der Waals surface area contributed by atoms with Gasteiger partial charge in [0.1, 0.15) is 48.4 Å². The molecular formula is C18H28N6O13P2. The predicted octanol–water partition coefficient (Wildman–Crippen LogP) is -3.03. The maximum Gasteiger partial charge on any atom is 0.340 e. The van der Waals surface area contributed by atoms with Crippen LogP contribution in [0.15, 0.2) is 12.7 Å². The fourth-order valence-corrected chi connectivity index (χ4v) is 7.33. The van der Waals surface area contributed by atoms with Crippen LogP contribution in [0.3, 0.4) is 0 Å². The Balaban J connectivity index is 1.32. The number of hydrogen-bond acceptors (Lipinski definition) is 15. The average molecular weight is 598 g/mol. The molecule has 39 heavy (non-hydrogen) atoms. The second-order valence-electron chi connectivity index (χ2n) is 8.92. The van der Waals surface area contributed by atoms with Crippen molar-refractivity contribution in [1.82, 2.24) is 24.8 Å². The lowest BCUT2D eigenvalue weighted by molar-refractivity contribution is -0.126. The number of nitrogens with zero attached hydrogens (tertiary/aromatic N) is 4. The van der Waals surface area contributed by atoms with E-state index in [1.165, 1.54) is 10.9 Å². The highest BCUT2D eigenvalue weighted by molar-refractivity contribution is 7.70. The molecule has 2 aromatic heterocycles. The molecular weight excluding hydrogens is 570 g/mol. The number of anilines is 1. The van der Waals surface area contributed by atoms with Gasteiger partial charge in [-0.25, -0.2) is 15.0 Å². The first-order valence-corrected chi connectivity index (χ1v) is 14.9. The van der Waals surface area contributed by atoms with Crippen molar-refractivity contribution in [2.75, 3.05) is 24.9 Å². The number of imidazole rings is 1. The summed E-state index contributed by atoms with van der Waals surface area (Å²) in [6.07, 6.45) is -7.74. The lowest BCUT2D eigenvalue weighted by atomic mass is 10.1. The number of nitrogens with one attached hydrogen (secondary N) is 1. The van der Waals surface area contributed by atoms with E-state index < -0.39 is 89.3 Å². The van der Waals surface area contributed by atoms with E-state index in [2.05, 4.69) is 20.3 Å². The van der Waals surface area contributed by atoms with Gasteiger partial charge in [-0.1, -0.05) is 0 Å². The maximum atomic E-state index is 12.5. The summed E-state index contributed by atoms with van der Waals surface area (Å²) in [4.78, 5) is 43.2. The summed E-state index contributed by atoms with van der Waals surface area (Å²) in [5, 5.41) is 43.0. The van der Waals surface area contributed by atoms with Gasteiger partial charge in [0.05, 0.1) is 19.5 Å². The monoisotopic (exact) mass is 598 g/mol. The SMILES string of the molecule is CC(=O)NC1[C@H](O)O[C@H](COP(=O)(O)CP(=O)(O)OC[C@H]2O[C@@H](n3cnc4c(N)ncnc43)C(O)C2O)[C@@H]1O. The molecule has 2 saturated heterocycles. The number of nitrogens with two attached hydrogens (primary N) is 1. The minimum absolute atomic E-state index is 0.0706. The summed E-state index contributed by atoms with van der Waals surface area (Å²) in [6.45, 7) is -0.389. The zero-order valence-corrected chi connectivity index (χ0v) is 22.0. The number of rotatable bonds is 10.